The summed E-state index contributed by atoms with van der Waals surface area (Å²) < 4.78 is 0. The van der Waals surface area contributed by atoms with E-state index in [0.29, 0.717) is 10.7 Å². The Morgan fingerprint density at radius 3 is 2.53 bits per heavy atom. The van der Waals surface area contributed by atoms with Crippen LogP contribution >= 0.6 is 11.8 Å². The molecule has 1 aliphatic heterocycles. The van der Waals surface area contributed by atoms with Crippen LogP contribution in [0.5, 0.6) is 0 Å². The molecule has 2 rings (SSSR count). The van der Waals surface area contributed by atoms with Crippen molar-refractivity contribution in [3.8, 4) is 0 Å². The molecule has 0 bridgehead atoms. The van der Waals surface area contributed by atoms with E-state index in [0.717, 1.165) is 6.42 Å². The highest BCUT2D eigenvalue weighted by molar-refractivity contribution is 8.14. The molecule has 0 aromatic heterocycles. The van der Waals surface area contributed by atoms with E-state index in [4.69, 9.17) is 5.11 Å². The zero-order valence-electron chi connectivity index (χ0n) is 10.2. The van der Waals surface area contributed by atoms with Crippen LogP contribution in [-0.2, 0) is 0 Å². The van der Waals surface area contributed by atoms with Crippen LogP contribution in [0.3, 0.4) is 0 Å². The van der Waals surface area contributed by atoms with Gasteiger partial charge in [0.25, 0.3) is 5.91 Å². The summed E-state index contributed by atoms with van der Waals surface area (Å²) in [6.07, 6.45) is 0.884. The number of amidine groups is 1. The van der Waals surface area contributed by atoms with Crippen LogP contribution in [-0.4, -0.2) is 27.5 Å². The van der Waals surface area contributed by atoms with Crippen molar-refractivity contribution in [2.45, 2.75) is 18.7 Å². The van der Waals surface area contributed by atoms with Gasteiger partial charge in [0.15, 0.2) is 0 Å². The van der Waals surface area contributed by atoms with Crippen molar-refractivity contribution < 1.29 is 14.7 Å². The number of amides is 1. The number of carbonyl (C=O) groups is 2. The van der Waals surface area contributed by atoms with Gasteiger partial charge in [-0.2, -0.15) is 15.8 Å². The minimum atomic E-state index is -1.03. The van der Waals surface area contributed by atoms with Crippen molar-refractivity contribution in [3.05, 3.63) is 35.4 Å². The SMILES string of the molecule is CCC1N[N]C(=NC(=O)c2ccc(C(=O)O)cc2)S1. The second kappa shape index (κ2) is 5.85. The topological polar surface area (TPSA) is 92.9 Å². The highest BCUT2D eigenvalue weighted by Crippen LogP contribution is 2.18. The lowest BCUT2D eigenvalue weighted by Gasteiger charge is -1.98. The molecule has 1 aromatic rings. The molecule has 1 radical (unpaired) electrons. The van der Waals surface area contributed by atoms with Crippen LogP contribution in [0.25, 0.3) is 0 Å². The van der Waals surface area contributed by atoms with Gasteiger partial charge in [0.05, 0.1) is 10.9 Å². The molecule has 6 nitrogen and oxygen atoms in total. The van der Waals surface area contributed by atoms with E-state index in [1.165, 1.54) is 36.0 Å². The van der Waals surface area contributed by atoms with Gasteiger partial charge in [0.1, 0.15) is 0 Å². The van der Waals surface area contributed by atoms with Crippen LogP contribution in [0.4, 0.5) is 0 Å². The van der Waals surface area contributed by atoms with Gasteiger partial charge < -0.3 is 5.11 Å². The largest absolute Gasteiger partial charge is 0.478 e. The quantitative estimate of drug-likeness (QED) is 0.873. The maximum Gasteiger partial charge on any atom is 0.335 e. The standard InChI is InChI=1S/C12H12N3O3S/c1-2-9-14-15-12(19-9)13-10(16)7-3-5-8(6-4-7)11(17)18/h3-6,9,14H,2H2,1H3,(H,17,18). The maximum atomic E-state index is 11.8. The van der Waals surface area contributed by atoms with Crippen LogP contribution in [0.2, 0.25) is 0 Å². The molecule has 1 heterocycles. The molecule has 2 N–H and O–H groups in total. The number of carboxylic acid groups (broad SMARTS) is 1. The zero-order valence-corrected chi connectivity index (χ0v) is 11.0. The number of benzene rings is 1. The highest BCUT2D eigenvalue weighted by Gasteiger charge is 2.21. The fraction of sp³-hybridized carbons (Fsp3) is 0.250. The number of hydrogen-bond donors (Lipinski definition) is 2. The summed E-state index contributed by atoms with van der Waals surface area (Å²) >= 11 is 1.40. The van der Waals surface area contributed by atoms with E-state index in [2.05, 4.69) is 15.8 Å². The Hall–Kier alpha value is -1.86. The summed E-state index contributed by atoms with van der Waals surface area (Å²) in [6.45, 7) is 2.01. The van der Waals surface area contributed by atoms with Gasteiger partial charge in [-0.15, -0.1) is 0 Å². The summed E-state index contributed by atoms with van der Waals surface area (Å²) in [7, 11) is 0. The number of hydrogen-bond acceptors (Lipinski definition) is 4. The minimum Gasteiger partial charge on any atom is -0.478 e. The molecule has 1 saturated heterocycles. The number of nitrogens with zero attached hydrogens (tertiary/aromatic N) is 2. The Kier molecular flexibility index (Phi) is 4.18. The molecule has 0 spiro atoms. The van der Waals surface area contributed by atoms with Gasteiger partial charge in [-0.05, 0) is 30.7 Å². The first-order chi connectivity index (χ1) is 9.10. The average Bonchev–Trinajstić information content (AvgIpc) is 2.86. The van der Waals surface area contributed by atoms with Crippen molar-refractivity contribution in [3.63, 3.8) is 0 Å². The van der Waals surface area contributed by atoms with E-state index >= 15 is 0 Å². The molecule has 7 heteroatoms. The lowest BCUT2D eigenvalue weighted by Crippen LogP contribution is -2.24. The third kappa shape index (κ3) is 3.33. The molecule has 1 aromatic carbocycles. The van der Waals surface area contributed by atoms with E-state index < -0.39 is 11.9 Å². The zero-order chi connectivity index (χ0) is 13.8. The molecular weight excluding hydrogens is 266 g/mol. The lowest BCUT2D eigenvalue weighted by atomic mass is 10.1. The molecule has 0 saturated carbocycles. The minimum absolute atomic E-state index is 0.136. The predicted octanol–water partition coefficient (Wildman–Crippen LogP) is 1.47. The van der Waals surface area contributed by atoms with Crippen LogP contribution in [0.1, 0.15) is 34.1 Å². The van der Waals surface area contributed by atoms with Gasteiger partial charge in [-0.3, -0.25) is 4.79 Å². The molecule has 1 amide bonds. The second-order valence-electron chi connectivity index (χ2n) is 3.84. The number of carboxylic acids is 1. The predicted molar refractivity (Wildman–Crippen MR) is 72.1 cm³/mol. The van der Waals surface area contributed by atoms with E-state index in [1.807, 2.05) is 6.92 Å². The smallest absolute Gasteiger partial charge is 0.335 e. The van der Waals surface area contributed by atoms with Crippen molar-refractivity contribution >= 4 is 28.8 Å². The first-order valence-corrected chi connectivity index (χ1v) is 6.57. The Morgan fingerprint density at radius 1 is 1.37 bits per heavy atom. The third-order valence-electron chi connectivity index (χ3n) is 2.50. The third-order valence-corrected chi connectivity index (χ3v) is 3.62. The number of nitrogens with one attached hydrogen (secondary N) is 1. The van der Waals surface area contributed by atoms with Crippen LogP contribution < -0.4 is 10.9 Å². The van der Waals surface area contributed by atoms with Crippen molar-refractivity contribution in [2.24, 2.45) is 4.99 Å². The summed E-state index contributed by atoms with van der Waals surface area (Å²) in [4.78, 5) is 26.4. The molecule has 1 atom stereocenters. The second-order valence-corrected chi connectivity index (χ2v) is 5.01. The van der Waals surface area contributed by atoms with Gasteiger partial charge in [0.2, 0.25) is 5.17 Å². The number of thioether (sulfide) groups is 1. The Bertz CT molecular complexity index is 528. The summed E-state index contributed by atoms with van der Waals surface area (Å²) in [5.41, 5.74) is 7.29. The fourth-order valence-corrected chi connectivity index (χ4v) is 2.21. The number of carbonyl (C=O) groups excluding carboxylic acids is 1. The van der Waals surface area contributed by atoms with E-state index in [-0.39, 0.29) is 10.9 Å². The first kappa shape index (κ1) is 13.6. The van der Waals surface area contributed by atoms with E-state index in [1.54, 1.807) is 0 Å². The first-order valence-electron chi connectivity index (χ1n) is 5.69. The van der Waals surface area contributed by atoms with Gasteiger partial charge in [-0.1, -0.05) is 18.7 Å². The van der Waals surface area contributed by atoms with Crippen molar-refractivity contribution in [2.75, 3.05) is 0 Å². The molecular formula is C12H12N3O3S. The molecule has 1 fully saturated rings. The van der Waals surface area contributed by atoms with Gasteiger partial charge in [0, 0.05) is 5.56 Å². The lowest BCUT2D eigenvalue weighted by molar-refractivity contribution is 0.0696. The van der Waals surface area contributed by atoms with Gasteiger partial charge in [-0.25, -0.2) is 4.79 Å². The van der Waals surface area contributed by atoms with Crippen molar-refractivity contribution in [1.29, 1.82) is 0 Å². The average molecular weight is 278 g/mol. The number of aromatic carboxylic acids is 1. The summed E-state index contributed by atoms with van der Waals surface area (Å²) in [5, 5.41) is 9.32. The Morgan fingerprint density at radius 2 is 2.00 bits per heavy atom. The summed E-state index contributed by atoms with van der Waals surface area (Å²) in [5.74, 6) is -1.46. The van der Waals surface area contributed by atoms with E-state index in [9.17, 15) is 9.59 Å². The monoisotopic (exact) mass is 278 g/mol. The molecule has 19 heavy (non-hydrogen) atoms. The normalized spacial score (nSPS) is 20.3. The highest BCUT2D eigenvalue weighted by atomic mass is 32.2. The molecule has 0 aliphatic carbocycles. The number of rotatable bonds is 3. The van der Waals surface area contributed by atoms with Crippen molar-refractivity contribution in [1.82, 2.24) is 10.9 Å². The van der Waals surface area contributed by atoms with Gasteiger partial charge >= 0.3 is 5.97 Å². The molecule has 1 unspecified atom stereocenters. The summed E-state index contributed by atoms with van der Waals surface area (Å²) in [6, 6.07) is 5.64. The molecule has 1 aliphatic rings. The molecule has 99 valence electrons. The van der Waals surface area contributed by atoms with Crippen LogP contribution in [0.15, 0.2) is 29.3 Å². The maximum absolute atomic E-state index is 11.8. The number of aliphatic imine (C=N–C) groups is 1. The Balaban J connectivity index is 2.08. The van der Waals surface area contributed by atoms with Crippen LogP contribution in [0, 0.1) is 0 Å². The fourth-order valence-electron chi connectivity index (χ4n) is 1.44. The Labute approximate surface area is 114 Å².